The Bertz CT molecular complexity index is 281. The second kappa shape index (κ2) is 7.26. The van der Waals surface area contributed by atoms with Crippen molar-refractivity contribution in [1.82, 2.24) is 4.90 Å². The molecule has 0 bridgehead atoms. The third kappa shape index (κ3) is 3.22. The number of likely N-dealkylation sites (N-methyl/N-ethyl adjacent to an activating group) is 1. The number of hydrogen-bond acceptors (Lipinski definition) is 2. The Balaban J connectivity index is 2.18. The van der Waals surface area contributed by atoms with Crippen LogP contribution in [-0.4, -0.2) is 35.7 Å². The van der Waals surface area contributed by atoms with Gasteiger partial charge in [0.2, 0.25) is 0 Å². The lowest BCUT2D eigenvalue weighted by Crippen LogP contribution is -2.57. The fourth-order valence-corrected chi connectivity index (χ4v) is 4.91. The summed E-state index contributed by atoms with van der Waals surface area (Å²) in [5.74, 6) is 1.29. The molecule has 118 valence electrons. The first kappa shape index (κ1) is 16.3. The first-order valence-corrected chi connectivity index (χ1v) is 8.97. The van der Waals surface area contributed by atoms with Gasteiger partial charge in [-0.2, -0.15) is 0 Å². The van der Waals surface area contributed by atoms with Crippen LogP contribution in [0.4, 0.5) is 0 Å². The second-order valence-corrected chi connectivity index (χ2v) is 7.47. The van der Waals surface area contributed by atoms with Crippen molar-refractivity contribution in [3.63, 3.8) is 0 Å². The van der Waals surface area contributed by atoms with E-state index in [0.717, 1.165) is 5.92 Å². The van der Waals surface area contributed by atoms with E-state index < -0.39 is 0 Å². The molecule has 0 saturated heterocycles. The van der Waals surface area contributed by atoms with Crippen molar-refractivity contribution in [1.29, 1.82) is 0 Å². The molecule has 0 spiro atoms. The van der Waals surface area contributed by atoms with Gasteiger partial charge in [0.1, 0.15) is 0 Å². The zero-order valence-electron chi connectivity index (χ0n) is 13.9. The lowest BCUT2D eigenvalue weighted by Gasteiger charge is -2.49. The highest BCUT2D eigenvalue weighted by atomic mass is 16.3. The Morgan fingerprint density at radius 1 is 1.00 bits per heavy atom. The molecule has 2 nitrogen and oxygen atoms in total. The third-order valence-corrected chi connectivity index (χ3v) is 6.31. The van der Waals surface area contributed by atoms with Crippen molar-refractivity contribution in [2.45, 2.75) is 89.2 Å². The molecule has 2 aliphatic rings. The molecule has 2 fully saturated rings. The van der Waals surface area contributed by atoms with Crippen LogP contribution in [0.3, 0.4) is 0 Å². The molecule has 0 aromatic heterocycles. The Kier molecular flexibility index (Phi) is 5.92. The number of aliphatic hydroxyl groups excluding tert-OH is 1. The van der Waals surface area contributed by atoms with E-state index >= 15 is 0 Å². The first-order valence-electron chi connectivity index (χ1n) is 8.97. The van der Waals surface area contributed by atoms with E-state index in [0.29, 0.717) is 5.92 Å². The highest BCUT2D eigenvalue weighted by Gasteiger charge is 2.45. The number of rotatable bonds is 4. The van der Waals surface area contributed by atoms with Gasteiger partial charge in [0.25, 0.3) is 0 Å². The second-order valence-electron chi connectivity index (χ2n) is 7.47. The number of aliphatic hydroxyl groups is 1. The van der Waals surface area contributed by atoms with E-state index in [9.17, 15) is 5.11 Å². The third-order valence-electron chi connectivity index (χ3n) is 6.31. The van der Waals surface area contributed by atoms with E-state index in [2.05, 4.69) is 25.9 Å². The van der Waals surface area contributed by atoms with Gasteiger partial charge in [-0.05, 0) is 45.2 Å². The highest BCUT2D eigenvalue weighted by molar-refractivity contribution is 5.00. The van der Waals surface area contributed by atoms with Crippen LogP contribution in [-0.2, 0) is 0 Å². The minimum absolute atomic E-state index is 0.0475. The van der Waals surface area contributed by atoms with Crippen LogP contribution in [0.1, 0.15) is 77.6 Å². The zero-order valence-corrected chi connectivity index (χ0v) is 13.9. The van der Waals surface area contributed by atoms with Gasteiger partial charge in [-0.1, -0.05) is 58.3 Å². The van der Waals surface area contributed by atoms with E-state index in [1.807, 2.05) is 0 Å². The predicted octanol–water partition coefficient (Wildman–Crippen LogP) is 4.22. The molecule has 0 aromatic rings. The van der Waals surface area contributed by atoms with Crippen molar-refractivity contribution in [2.24, 2.45) is 11.8 Å². The molecule has 2 saturated carbocycles. The van der Waals surface area contributed by atoms with Gasteiger partial charge in [0, 0.05) is 5.54 Å². The van der Waals surface area contributed by atoms with Crippen molar-refractivity contribution >= 4 is 0 Å². The summed E-state index contributed by atoms with van der Waals surface area (Å²) in [6.45, 7) is 2.31. The number of hydrogen-bond donors (Lipinski definition) is 1. The monoisotopic (exact) mass is 281 g/mol. The predicted molar refractivity (Wildman–Crippen MR) is 85.9 cm³/mol. The molecule has 3 atom stereocenters. The first-order chi connectivity index (χ1) is 9.62. The minimum Gasteiger partial charge on any atom is -0.391 e. The summed E-state index contributed by atoms with van der Waals surface area (Å²) in [5.41, 5.74) is 0.0475. The maximum absolute atomic E-state index is 11.3. The Labute approximate surface area is 125 Å². The molecule has 2 aliphatic carbocycles. The summed E-state index contributed by atoms with van der Waals surface area (Å²) in [6.07, 6.45) is 14.1. The molecule has 2 rings (SSSR count). The van der Waals surface area contributed by atoms with Crippen LogP contribution < -0.4 is 0 Å². The summed E-state index contributed by atoms with van der Waals surface area (Å²) in [5, 5.41) is 11.3. The summed E-state index contributed by atoms with van der Waals surface area (Å²) >= 11 is 0. The van der Waals surface area contributed by atoms with Crippen LogP contribution >= 0.6 is 0 Å². The van der Waals surface area contributed by atoms with Gasteiger partial charge >= 0.3 is 0 Å². The average molecular weight is 281 g/mol. The molecule has 0 aromatic carbocycles. The molecule has 0 radical (unpaired) electrons. The molecule has 0 amide bonds. The van der Waals surface area contributed by atoms with Crippen molar-refractivity contribution in [3.05, 3.63) is 0 Å². The fraction of sp³-hybridized carbons (Fsp3) is 1.00. The molecule has 0 heterocycles. The van der Waals surface area contributed by atoms with Crippen molar-refractivity contribution in [3.8, 4) is 0 Å². The normalized spacial score (nSPS) is 32.9. The minimum atomic E-state index is -0.124. The lowest BCUT2D eigenvalue weighted by molar-refractivity contribution is -0.0749. The topological polar surface area (TPSA) is 23.5 Å². The lowest BCUT2D eigenvalue weighted by atomic mass is 9.67. The molecule has 1 N–H and O–H groups in total. The molecule has 3 unspecified atom stereocenters. The average Bonchev–Trinajstić information content (AvgIpc) is 2.73. The largest absolute Gasteiger partial charge is 0.391 e. The number of nitrogens with zero attached hydrogens (tertiary/aromatic N) is 1. The van der Waals surface area contributed by atoms with Crippen molar-refractivity contribution < 1.29 is 5.11 Å². The summed E-state index contributed by atoms with van der Waals surface area (Å²) in [6, 6.07) is 0. The van der Waals surface area contributed by atoms with E-state index in [4.69, 9.17) is 0 Å². The van der Waals surface area contributed by atoms with Gasteiger partial charge in [-0.15, -0.1) is 0 Å². The molecule has 20 heavy (non-hydrogen) atoms. The molecule has 0 aliphatic heterocycles. The van der Waals surface area contributed by atoms with Crippen LogP contribution in [0.25, 0.3) is 0 Å². The molecule has 2 heteroatoms. The zero-order chi connectivity index (χ0) is 14.6. The molecular formula is C18H35NO. The van der Waals surface area contributed by atoms with Crippen LogP contribution in [0.2, 0.25) is 0 Å². The summed E-state index contributed by atoms with van der Waals surface area (Å²) in [4.78, 5) is 2.37. The van der Waals surface area contributed by atoms with Crippen LogP contribution in [0, 0.1) is 11.8 Å². The standard InChI is InChI=1S/C18H35NO/c1-4-15-11-7-8-12-16(15)17(20)18(19(2)3)13-9-5-6-10-14-18/h15-17,20H,4-14H2,1-3H3. The van der Waals surface area contributed by atoms with Gasteiger partial charge in [-0.3, -0.25) is 0 Å². The van der Waals surface area contributed by atoms with E-state index in [1.54, 1.807) is 0 Å². The van der Waals surface area contributed by atoms with Crippen molar-refractivity contribution in [2.75, 3.05) is 14.1 Å². The maximum atomic E-state index is 11.3. The van der Waals surface area contributed by atoms with Gasteiger partial charge in [0.05, 0.1) is 6.10 Å². The Morgan fingerprint density at radius 2 is 1.60 bits per heavy atom. The van der Waals surface area contributed by atoms with Gasteiger partial charge < -0.3 is 10.0 Å². The fourth-order valence-electron chi connectivity index (χ4n) is 4.91. The summed E-state index contributed by atoms with van der Waals surface area (Å²) < 4.78 is 0. The van der Waals surface area contributed by atoms with Gasteiger partial charge in [0.15, 0.2) is 0 Å². The van der Waals surface area contributed by atoms with Gasteiger partial charge in [-0.25, -0.2) is 0 Å². The molecular weight excluding hydrogens is 246 g/mol. The smallest absolute Gasteiger partial charge is 0.0754 e. The highest BCUT2D eigenvalue weighted by Crippen LogP contribution is 2.43. The Morgan fingerprint density at radius 3 is 2.15 bits per heavy atom. The van der Waals surface area contributed by atoms with E-state index in [1.165, 1.54) is 70.6 Å². The summed E-state index contributed by atoms with van der Waals surface area (Å²) in [7, 11) is 4.39. The van der Waals surface area contributed by atoms with E-state index in [-0.39, 0.29) is 11.6 Å². The quantitative estimate of drug-likeness (QED) is 0.780. The Hall–Kier alpha value is -0.0800. The van der Waals surface area contributed by atoms with Crippen LogP contribution in [0.15, 0.2) is 0 Å². The SMILES string of the molecule is CCC1CCCCC1C(O)C1(N(C)C)CCCCCC1. The van der Waals surface area contributed by atoms with Crippen LogP contribution in [0.5, 0.6) is 0 Å². The maximum Gasteiger partial charge on any atom is 0.0754 e.